The number of amides is 1. The standard InChI is InChI=1S/C24H18ClN5O3S/c25-18-2-1-3-19(11-18)30-15-21(14-28-30)34(32,33)20-6-4-16(5-7-20)12-27-24(31)23-10-17-13-26-9-8-22(17)29-23/h1-11,13-15,29H,12H2,(H,27,31). The quantitative estimate of drug-likeness (QED) is 0.370. The van der Waals surface area contributed by atoms with Crippen LogP contribution in [-0.2, 0) is 16.4 Å². The SMILES string of the molecule is O=C(NCc1ccc(S(=O)(=O)c2cnn(-c3cccc(Cl)c3)c2)cc1)c1cc2cnccc2[nH]1. The third-order valence-electron chi connectivity index (χ3n) is 5.29. The van der Waals surface area contributed by atoms with E-state index in [1.165, 1.54) is 29.2 Å². The summed E-state index contributed by atoms with van der Waals surface area (Å²) in [5.41, 5.74) is 2.68. The highest BCUT2D eigenvalue weighted by atomic mass is 35.5. The molecule has 0 saturated carbocycles. The number of carbonyl (C=O) groups is 1. The molecule has 5 rings (SSSR count). The summed E-state index contributed by atoms with van der Waals surface area (Å²) >= 11 is 6.01. The van der Waals surface area contributed by atoms with Crippen LogP contribution in [0.3, 0.4) is 0 Å². The Morgan fingerprint density at radius 2 is 1.85 bits per heavy atom. The first-order chi connectivity index (χ1) is 16.4. The molecular weight excluding hydrogens is 474 g/mol. The molecular formula is C24H18ClN5O3S. The van der Waals surface area contributed by atoms with Gasteiger partial charge in [-0.05, 0) is 48.0 Å². The second-order valence-corrected chi connectivity index (χ2v) is 9.96. The monoisotopic (exact) mass is 491 g/mol. The minimum Gasteiger partial charge on any atom is -0.350 e. The van der Waals surface area contributed by atoms with Crippen LogP contribution >= 0.6 is 11.6 Å². The smallest absolute Gasteiger partial charge is 0.267 e. The first-order valence-corrected chi connectivity index (χ1v) is 12.1. The Morgan fingerprint density at radius 3 is 2.62 bits per heavy atom. The number of aromatic nitrogens is 4. The number of benzene rings is 2. The number of H-pyrrole nitrogens is 1. The fraction of sp³-hybridized carbons (Fsp3) is 0.0417. The highest BCUT2D eigenvalue weighted by Crippen LogP contribution is 2.23. The molecule has 0 aliphatic rings. The van der Waals surface area contributed by atoms with Crippen molar-refractivity contribution in [3.05, 3.63) is 102 Å². The summed E-state index contributed by atoms with van der Waals surface area (Å²) in [5, 5.41) is 8.36. The van der Waals surface area contributed by atoms with E-state index in [4.69, 9.17) is 11.6 Å². The molecule has 3 heterocycles. The average Bonchev–Trinajstić information content (AvgIpc) is 3.51. The van der Waals surface area contributed by atoms with E-state index in [2.05, 4.69) is 20.4 Å². The summed E-state index contributed by atoms with van der Waals surface area (Å²) in [4.78, 5) is 19.8. The van der Waals surface area contributed by atoms with Gasteiger partial charge in [-0.3, -0.25) is 9.78 Å². The summed E-state index contributed by atoms with van der Waals surface area (Å²) in [6.07, 6.45) is 6.09. The summed E-state index contributed by atoms with van der Waals surface area (Å²) in [6, 6.07) is 16.9. The highest BCUT2D eigenvalue weighted by Gasteiger charge is 2.20. The number of carbonyl (C=O) groups excluding carboxylic acids is 1. The molecule has 0 spiro atoms. The Morgan fingerprint density at radius 1 is 1.03 bits per heavy atom. The predicted molar refractivity (Wildman–Crippen MR) is 128 cm³/mol. The van der Waals surface area contributed by atoms with Gasteiger partial charge in [0.15, 0.2) is 0 Å². The molecule has 0 aliphatic carbocycles. The number of rotatable bonds is 6. The zero-order valence-electron chi connectivity index (χ0n) is 17.6. The zero-order valence-corrected chi connectivity index (χ0v) is 19.2. The molecule has 10 heteroatoms. The number of nitrogens with one attached hydrogen (secondary N) is 2. The number of aromatic amines is 1. The van der Waals surface area contributed by atoms with Crippen molar-refractivity contribution < 1.29 is 13.2 Å². The van der Waals surface area contributed by atoms with Gasteiger partial charge in [0.2, 0.25) is 9.84 Å². The Balaban J connectivity index is 1.28. The Bertz CT molecular complexity index is 1570. The van der Waals surface area contributed by atoms with Crippen molar-refractivity contribution in [3.8, 4) is 5.69 Å². The number of hydrogen-bond donors (Lipinski definition) is 2. The van der Waals surface area contributed by atoms with Crippen molar-refractivity contribution in [2.24, 2.45) is 0 Å². The van der Waals surface area contributed by atoms with Crippen LogP contribution in [0.1, 0.15) is 16.1 Å². The van der Waals surface area contributed by atoms with Crippen molar-refractivity contribution in [3.63, 3.8) is 0 Å². The van der Waals surface area contributed by atoms with E-state index in [1.807, 2.05) is 0 Å². The van der Waals surface area contributed by atoms with E-state index in [0.29, 0.717) is 16.4 Å². The van der Waals surface area contributed by atoms with Gasteiger partial charge in [-0.2, -0.15) is 5.10 Å². The molecule has 8 nitrogen and oxygen atoms in total. The van der Waals surface area contributed by atoms with E-state index in [1.54, 1.807) is 60.9 Å². The number of hydrogen-bond acceptors (Lipinski definition) is 5. The summed E-state index contributed by atoms with van der Waals surface area (Å²) in [6.45, 7) is 0.249. The first-order valence-electron chi connectivity index (χ1n) is 10.3. The molecule has 1 amide bonds. The van der Waals surface area contributed by atoms with Crippen molar-refractivity contribution in [2.75, 3.05) is 0 Å². The number of nitrogens with zero attached hydrogens (tertiary/aromatic N) is 3. The first kappa shape index (κ1) is 21.9. The molecule has 0 atom stereocenters. The van der Waals surface area contributed by atoms with Gasteiger partial charge in [-0.1, -0.05) is 29.8 Å². The van der Waals surface area contributed by atoms with Gasteiger partial charge >= 0.3 is 0 Å². The maximum atomic E-state index is 13.0. The second-order valence-electron chi connectivity index (χ2n) is 7.58. The Labute approximate surface area is 200 Å². The molecule has 0 radical (unpaired) electrons. The zero-order chi connectivity index (χ0) is 23.7. The largest absolute Gasteiger partial charge is 0.350 e. The molecule has 2 aromatic carbocycles. The van der Waals surface area contributed by atoms with Crippen molar-refractivity contribution in [1.82, 2.24) is 25.1 Å². The maximum Gasteiger partial charge on any atom is 0.267 e. The summed E-state index contributed by atoms with van der Waals surface area (Å²) in [5.74, 6) is -0.263. The summed E-state index contributed by atoms with van der Waals surface area (Å²) < 4.78 is 27.5. The number of pyridine rings is 1. The molecule has 0 aliphatic heterocycles. The predicted octanol–water partition coefficient (Wildman–Crippen LogP) is 4.16. The fourth-order valence-electron chi connectivity index (χ4n) is 3.50. The van der Waals surface area contributed by atoms with Crippen LogP contribution in [0, 0.1) is 0 Å². The van der Waals surface area contributed by atoms with Crippen LogP contribution in [0.4, 0.5) is 0 Å². The normalized spacial score (nSPS) is 11.6. The molecule has 170 valence electrons. The molecule has 0 unspecified atom stereocenters. The lowest BCUT2D eigenvalue weighted by Crippen LogP contribution is -2.23. The lowest BCUT2D eigenvalue weighted by Gasteiger charge is -2.06. The van der Waals surface area contributed by atoms with Crippen LogP contribution in [0.25, 0.3) is 16.6 Å². The minimum atomic E-state index is -3.76. The molecule has 0 fully saturated rings. The van der Waals surface area contributed by atoms with Gasteiger partial charge in [0.1, 0.15) is 10.6 Å². The van der Waals surface area contributed by atoms with E-state index < -0.39 is 9.84 Å². The van der Waals surface area contributed by atoms with Crippen molar-refractivity contribution in [2.45, 2.75) is 16.3 Å². The third kappa shape index (κ3) is 4.30. The van der Waals surface area contributed by atoms with E-state index in [-0.39, 0.29) is 22.2 Å². The minimum absolute atomic E-state index is 0.0711. The lowest BCUT2D eigenvalue weighted by atomic mass is 10.2. The lowest BCUT2D eigenvalue weighted by molar-refractivity contribution is 0.0946. The topological polar surface area (TPSA) is 110 Å². The molecule has 2 N–H and O–H groups in total. The van der Waals surface area contributed by atoms with Crippen molar-refractivity contribution >= 4 is 38.2 Å². The number of sulfone groups is 1. The van der Waals surface area contributed by atoms with Gasteiger partial charge in [0.05, 0.1) is 16.8 Å². The Kier molecular flexibility index (Phi) is 5.64. The Hall–Kier alpha value is -3.95. The van der Waals surface area contributed by atoms with Crippen LogP contribution < -0.4 is 5.32 Å². The summed E-state index contributed by atoms with van der Waals surface area (Å²) in [7, 11) is -3.76. The van der Waals surface area contributed by atoms with E-state index >= 15 is 0 Å². The van der Waals surface area contributed by atoms with Crippen LogP contribution in [-0.4, -0.2) is 34.1 Å². The fourth-order valence-corrected chi connectivity index (χ4v) is 4.88. The molecule has 0 saturated heterocycles. The average molecular weight is 492 g/mol. The maximum absolute atomic E-state index is 13.0. The number of halogens is 1. The van der Waals surface area contributed by atoms with Gasteiger partial charge in [0.25, 0.3) is 5.91 Å². The van der Waals surface area contributed by atoms with Crippen LogP contribution in [0.2, 0.25) is 5.02 Å². The number of fused-ring (bicyclic) bond motifs is 1. The van der Waals surface area contributed by atoms with E-state index in [9.17, 15) is 13.2 Å². The van der Waals surface area contributed by atoms with Gasteiger partial charge in [-0.25, -0.2) is 13.1 Å². The molecule has 3 aromatic heterocycles. The third-order valence-corrected chi connectivity index (χ3v) is 7.25. The van der Waals surface area contributed by atoms with Gasteiger partial charge in [-0.15, -0.1) is 0 Å². The van der Waals surface area contributed by atoms with Gasteiger partial charge < -0.3 is 10.3 Å². The van der Waals surface area contributed by atoms with E-state index in [0.717, 1.165) is 16.5 Å². The van der Waals surface area contributed by atoms with Crippen LogP contribution in [0.5, 0.6) is 0 Å². The molecule has 34 heavy (non-hydrogen) atoms. The van der Waals surface area contributed by atoms with Crippen molar-refractivity contribution in [1.29, 1.82) is 0 Å². The molecule has 5 aromatic rings. The molecule has 0 bridgehead atoms. The van der Waals surface area contributed by atoms with Crippen LogP contribution in [0.15, 0.2) is 95.2 Å². The second kappa shape index (κ2) is 8.77. The highest BCUT2D eigenvalue weighted by molar-refractivity contribution is 7.91. The van der Waals surface area contributed by atoms with Gasteiger partial charge in [0, 0.05) is 41.1 Å².